The van der Waals surface area contributed by atoms with Gasteiger partial charge in [0.25, 0.3) is 0 Å². The van der Waals surface area contributed by atoms with Crippen LogP contribution in [0.25, 0.3) is 5.69 Å². The first-order valence-corrected chi connectivity index (χ1v) is 6.25. The SMILES string of the molecule is COc1cc(-n2nncc2CNC2CC2)ccc1F. The lowest BCUT2D eigenvalue weighted by atomic mass is 10.3. The molecule has 1 aliphatic rings. The van der Waals surface area contributed by atoms with Crippen molar-refractivity contribution in [1.29, 1.82) is 0 Å². The van der Waals surface area contributed by atoms with E-state index in [2.05, 4.69) is 15.6 Å². The van der Waals surface area contributed by atoms with E-state index in [0.29, 0.717) is 12.6 Å². The molecule has 0 unspecified atom stereocenters. The van der Waals surface area contributed by atoms with Gasteiger partial charge in [-0.2, -0.15) is 0 Å². The molecule has 0 bridgehead atoms. The van der Waals surface area contributed by atoms with Gasteiger partial charge in [0.1, 0.15) is 0 Å². The van der Waals surface area contributed by atoms with Crippen molar-refractivity contribution in [3.8, 4) is 11.4 Å². The third kappa shape index (κ3) is 2.58. The van der Waals surface area contributed by atoms with Gasteiger partial charge in [0.2, 0.25) is 0 Å². The van der Waals surface area contributed by atoms with E-state index in [1.54, 1.807) is 23.0 Å². The van der Waals surface area contributed by atoms with E-state index < -0.39 is 0 Å². The molecule has 1 heterocycles. The van der Waals surface area contributed by atoms with Crippen molar-refractivity contribution in [1.82, 2.24) is 20.3 Å². The van der Waals surface area contributed by atoms with Gasteiger partial charge in [-0.25, -0.2) is 9.07 Å². The Bertz CT molecular complexity index is 580. The van der Waals surface area contributed by atoms with E-state index in [1.165, 1.54) is 26.0 Å². The van der Waals surface area contributed by atoms with Gasteiger partial charge in [0, 0.05) is 18.7 Å². The van der Waals surface area contributed by atoms with Gasteiger partial charge in [0.05, 0.1) is 24.7 Å². The van der Waals surface area contributed by atoms with Crippen LogP contribution in [0.4, 0.5) is 4.39 Å². The van der Waals surface area contributed by atoms with Crippen LogP contribution in [-0.2, 0) is 6.54 Å². The van der Waals surface area contributed by atoms with E-state index in [9.17, 15) is 4.39 Å². The van der Waals surface area contributed by atoms with Crippen molar-refractivity contribution in [2.75, 3.05) is 7.11 Å². The third-order valence-corrected chi connectivity index (χ3v) is 3.15. The predicted molar refractivity (Wildman–Crippen MR) is 67.7 cm³/mol. The number of methoxy groups -OCH3 is 1. The number of hydrogen-bond acceptors (Lipinski definition) is 4. The van der Waals surface area contributed by atoms with Gasteiger partial charge >= 0.3 is 0 Å². The molecule has 0 aliphatic heterocycles. The second-order valence-electron chi connectivity index (χ2n) is 4.61. The van der Waals surface area contributed by atoms with E-state index in [1.807, 2.05) is 0 Å². The van der Waals surface area contributed by atoms with E-state index in [0.717, 1.165) is 11.4 Å². The summed E-state index contributed by atoms with van der Waals surface area (Å²) >= 11 is 0. The molecule has 19 heavy (non-hydrogen) atoms. The molecule has 1 N–H and O–H groups in total. The minimum atomic E-state index is -0.385. The summed E-state index contributed by atoms with van der Waals surface area (Å²) in [6.07, 6.45) is 4.17. The molecule has 0 amide bonds. The number of nitrogens with one attached hydrogen (secondary N) is 1. The Balaban J connectivity index is 1.86. The van der Waals surface area contributed by atoms with E-state index in [-0.39, 0.29) is 11.6 Å². The molecule has 0 atom stereocenters. The zero-order valence-corrected chi connectivity index (χ0v) is 10.6. The predicted octanol–water partition coefficient (Wildman–Crippen LogP) is 1.67. The fourth-order valence-corrected chi connectivity index (χ4v) is 1.91. The number of nitrogens with zero attached hydrogens (tertiary/aromatic N) is 3. The highest BCUT2D eigenvalue weighted by molar-refractivity contribution is 5.40. The average Bonchev–Trinajstić information content (AvgIpc) is 3.14. The molecule has 6 heteroatoms. The quantitative estimate of drug-likeness (QED) is 0.890. The molecule has 0 saturated heterocycles. The van der Waals surface area contributed by atoms with Crippen molar-refractivity contribution in [3.63, 3.8) is 0 Å². The van der Waals surface area contributed by atoms with Gasteiger partial charge in [-0.15, -0.1) is 5.10 Å². The van der Waals surface area contributed by atoms with Crippen molar-refractivity contribution in [2.24, 2.45) is 0 Å². The smallest absolute Gasteiger partial charge is 0.165 e. The number of ether oxygens (including phenoxy) is 1. The fourth-order valence-electron chi connectivity index (χ4n) is 1.91. The second-order valence-corrected chi connectivity index (χ2v) is 4.61. The first-order chi connectivity index (χ1) is 9.28. The Morgan fingerprint density at radius 3 is 3.05 bits per heavy atom. The van der Waals surface area contributed by atoms with Crippen LogP contribution < -0.4 is 10.1 Å². The van der Waals surface area contributed by atoms with Crippen molar-refractivity contribution < 1.29 is 9.13 Å². The lowest BCUT2D eigenvalue weighted by molar-refractivity contribution is 0.386. The van der Waals surface area contributed by atoms with E-state index in [4.69, 9.17) is 4.74 Å². The lowest BCUT2D eigenvalue weighted by Gasteiger charge is -2.09. The second kappa shape index (κ2) is 4.97. The molecular weight excluding hydrogens is 247 g/mol. The van der Waals surface area contributed by atoms with Gasteiger partial charge in [-0.3, -0.25) is 0 Å². The van der Waals surface area contributed by atoms with Crippen LogP contribution in [0.3, 0.4) is 0 Å². The maximum absolute atomic E-state index is 13.4. The van der Waals surface area contributed by atoms with Crippen LogP contribution in [0.5, 0.6) is 5.75 Å². The number of hydrogen-bond donors (Lipinski definition) is 1. The standard InChI is InChI=1S/C13H15FN4O/c1-19-13-6-10(4-5-12(13)14)18-11(8-16-17-18)7-15-9-2-3-9/h4-6,8-9,15H,2-3,7H2,1H3. The van der Waals surface area contributed by atoms with E-state index >= 15 is 0 Å². The maximum Gasteiger partial charge on any atom is 0.165 e. The highest BCUT2D eigenvalue weighted by Crippen LogP contribution is 2.22. The van der Waals surface area contributed by atoms with Gasteiger partial charge < -0.3 is 10.1 Å². The highest BCUT2D eigenvalue weighted by Gasteiger charge is 2.21. The molecule has 1 aliphatic carbocycles. The monoisotopic (exact) mass is 262 g/mol. The van der Waals surface area contributed by atoms with Gasteiger partial charge in [-0.1, -0.05) is 5.21 Å². The number of halogens is 1. The van der Waals surface area contributed by atoms with Crippen LogP contribution in [0.1, 0.15) is 18.5 Å². The van der Waals surface area contributed by atoms with Crippen LogP contribution in [0.15, 0.2) is 24.4 Å². The Kier molecular flexibility index (Phi) is 3.16. The zero-order chi connectivity index (χ0) is 13.2. The molecule has 0 spiro atoms. The highest BCUT2D eigenvalue weighted by atomic mass is 19.1. The third-order valence-electron chi connectivity index (χ3n) is 3.15. The molecule has 1 aromatic heterocycles. The Hall–Kier alpha value is -1.95. The maximum atomic E-state index is 13.4. The van der Waals surface area contributed by atoms with Crippen molar-refractivity contribution in [3.05, 3.63) is 35.9 Å². The first kappa shape index (κ1) is 12.1. The van der Waals surface area contributed by atoms with Crippen LogP contribution in [0, 0.1) is 5.82 Å². The summed E-state index contributed by atoms with van der Waals surface area (Å²) in [5.74, 6) is -0.182. The Morgan fingerprint density at radius 1 is 1.47 bits per heavy atom. The number of aromatic nitrogens is 3. The molecule has 1 aromatic carbocycles. The topological polar surface area (TPSA) is 52.0 Å². The number of rotatable bonds is 5. The normalized spacial score (nSPS) is 14.6. The summed E-state index contributed by atoms with van der Waals surface area (Å²) in [5, 5.41) is 11.4. The van der Waals surface area contributed by atoms with Gasteiger partial charge in [-0.05, 0) is 25.0 Å². The molecule has 3 rings (SSSR count). The van der Waals surface area contributed by atoms with Crippen LogP contribution >= 0.6 is 0 Å². The molecule has 100 valence electrons. The summed E-state index contributed by atoms with van der Waals surface area (Å²) in [7, 11) is 1.44. The molecule has 1 fully saturated rings. The summed E-state index contributed by atoms with van der Waals surface area (Å²) in [4.78, 5) is 0. The molecule has 1 saturated carbocycles. The summed E-state index contributed by atoms with van der Waals surface area (Å²) in [6.45, 7) is 0.706. The minimum Gasteiger partial charge on any atom is -0.494 e. The molecule has 2 aromatic rings. The Morgan fingerprint density at radius 2 is 2.32 bits per heavy atom. The number of benzene rings is 1. The van der Waals surface area contributed by atoms with Crippen LogP contribution in [-0.4, -0.2) is 28.1 Å². The summed E-state index contributed by atoms with van der Waals surface area (Å²) in [6, 6.07) is 5.26. The fraction of sp³-hybridized carbons (Fsp3) is 0.385. The van der Waals surface area contributed by atoms with Crippen LogP contribution in [0.2, 0.25) is 0 Å². The summed E-state index contributed by atoms with van der Waals surface area (Å²) < 4.78 is 20.1. The zero-order valence-electron chi connectivity index (χ0n) is 10.6. The average molecular weight is 262 g/mol. The molecule has 5 nitrogen and oxygen atoms in total. The van der Waals surface area contributed by atoms with Crippen molar-refractivity contribution in [2.45, 2.75) is 25.4 Å². The largest absolute Gasteiger partial charge is 0.494 e. The van der Waals surface area contributed by atoms with Gasteiger partial charge in [0.15, 0.2) is 11.6 Å². The Labute approximate surface area is 110 Å². The minimum absolute atomic E-state index is 0.203. The summed E-state index contributed by atoms with van der Waals surface area (Å²) in [5.41, 5.74) is 1.68. The molecular formula is C13H15FN4O. The first-order valence-electron chi connectivity index (χ1n) is 6.25. The van der Waals surface area contributed by atoms with Crippen molar-refractivity contribution >= 4 is 0 Å². The molecule has 0 radical (unpaired) electrons. The lowest BCUT2D eigenvalue weighted by Crippen LogP contribution is -2.18.